The van der Waals surface area contributed by atoms with Crippen molar-refractivity contribution in [3.63, 3.8) is 0 Å². The van der Waals surface area contributed by atoms with Gasteiger partial charge in [0.05, 0.1) is 24.5 Å². The Kier molecular flexibility index (Phi) is 9.83. The summed E-state index contributed by atoms with van der Waals surface area (Å²) in [4.78, 5) is 31.9. The minimum atomic E-state index is -3.73. The van der Waals surface area contributed by atoms with E-state index in [4.69, 9.17) is 20.2 Å². The van der Waals surface area contributed by atoms with Crippen LogP contribution in [0.5, 0.6) is 0 Å². The Morgan fingerprint density at radius 2 is 1.68 bits per heavy atom. The predicted octanol–water partition coefficient (Wildman–Crippen LogP) is 5.66. The zero-order chi connectivity index (χ0) is 33.8. The van der Waals surface area contributed by atoms with E-state index in [0.29, 0.717) is 28.0 Å². The van der Waals surface area contributed by atoms with Crippen molar-refractivity contribution in [1.29, 1.82) is 0 Å². The molecule has 0 spiro atoms. The maximum Gasteiger partial charge on any atom is 0.410 e. The molecule has 2 aromatic heterocycles. The van der Waals surface area contributed by atoms with Gasteiger partial charge in [0.2, 0.25) is 10.0 Å². The normalized spacial score (nSPS) is 11.9. The predicted molar refractivity (Wildman–Crippen MR) is 183 cm³/mol. The Morgan fingerprint density at radius 1 is 0.957 bits per heavy atom. The molecule has 11 nitrogen and oxygen atoms in total. The Morgan fingerprint density at radius 3 is 2.40 bits per heavy atom. The first kappa shape index (κ1) is 33.4. The van der Waals surface area contributed by atoms with Crippen LogP contribution in [0.15, 0.2) is 84.9 Å². The second-order valence-corrected chi connectivity index (χ2v) is 14.0. The zero-order valence-electron chi connectivity index (χ0n) is 26.9. The number of likely N-dealkylation sites (N-methyl/N-ethyl adjacent to an activating group) is 1. The largest absolute Gasteiger partial charge is 0.459 e. The summed E-state index contributed by atoms with van der Waals surface area (Å²) in [5.74, 6) is -0.776. The van der Waals surface area contributed by atoms with Crippen LogP contribution in [0.4, 0.5) is 10.5 Å². The molecule has 0 saturated heterocycles. The number of amides is 1. The van der Waals surface area contributed by atoms with E-state index in [0.717, 1.165) is 16.3 Å². The minimum absolute atomic E-state index is 0.0564. The smallest absolute Gasteiger partial charge is 0.410 e. The van der Waals surface area contributed by atoms with Crippen LogP contribution in [-0.4, -0.2) is 60.7 Å². The van der Waals surface area contributed by atoms with Crippen molar-refractivity contribution in [2.45, 2.75) is 45.2 Å². The second-order valence-electron chi connectivity index (χ2n) is 12.3. The molecular formula is C35H39N5O6S. The van der Waals surface area contributed by atoms with Gasteiger partial charge >= 0.3 is 12.1 Å². The number of carbonyl (C=O) groups is 2. The van der Waals surface area contributed by atoms with Crippen LogP contribution in [0.25, 0.3) is 21.8 Å². The van der Waals surface area contributed by atoms with E-state index in [2.05, 4.69) is 4.72 Å². The number of sulfonamides is 1. The third-order valence-electron chi connectivity index (χ3n) is 7.33. The lowest BCUT2D eigenvalue weighted by molar-refractivity contribution is 0.0214. The van der Waals surface area contributed by atoms with Gasteiger partial charge in [-0.3, -0.25) is 4.72 Å². The van der Waals surface area contributed by atoms with Gasteiger partial charge < -0.3 is 24.7 Å². The van der Waals surface area contributed by atoms with Crippen LogP contribution in [0.2, 0.25) is 0 Å². The third kappa shape index (κ3) is 8.46. The Bertz CT molecular complexity index is 2020. The molecule has 0 aliphatic carbocycles. The first-order valence-corrected chi connectivity index (χ1v) is 16.8. The lowest BCUT2D eigenvalue weighted by Gasteiger charge is -2.24. The lowest BCUT2D eigenvalue weighted by Crippen LogP contribution is -2.36. The van der Waals surface area contributed by atoms with Crippen LogP contribution in [0.1, 0.15) is 48.1 Å². The number of hydrogen-bond donors (Lipinski definition) is 2. The summed E-state index contributed by atoms with van der Waals surface area (Å²) in [6.45, 7) is 5.80. The van der Waals surface area contributed by atoms with Crippen LogP contribution in [-0.2, 0) is 38.3 Å². The van der Waals surface area contributed by atoms with Crippen molar-refractivity contribution in [3.05, 3.63) is 107 Å². The van der Waals surface area contributed by atoms with Crippen molar-refractivity contribution >= 4 is 49.6 Å². The number of fused-ring (bicyclic) bond motifs is 2. The van der Waals surface area contributed by atoms with Crippen molar-refractivity contribution in [3.8, 4) is 0 Å². The number of nitrogens with one attached hydrogen (secondary N) is 1. The molecule has 0 unspecified atom stereocenters. The van der Waals surface area contributed by atoms with E-state index in [1.165, 1.54) is 4.90 Å². The van der Waals surface area contributed by atoms with E-state index >= 15 is 0 Å². The third-order valence-corrected chi connectivity index (χ3v) is 8.59. The summed E-state index contributed by atoms with van der Waals surface area (Å²) >= 11 is 0. The number of anilines is 1. The molecule has 47 heavy (non-hydrogen) atoms. The van der Waals surface area contributed by atoms with E-state index in [9.17, 15) is 18.0 Å². The maximum absolute atomic E-state index is 13.5. The fourth-order valence-corrected chi connectivity index (χ4v) is 6.33. The lowest BCUT2D eigenvalue weighted by atomic mass is 10.0. The number of aromatic nitrogens is 2. The first-order chi connectivity index (χ1) is 22.3. The Balaban J connectivity index is 1.46. The first-order valence-electron chi connectivity index (χ1n) is 15.2. The number of nitrogens with two attached hydrogens (primary N) is 1. The second kappa shape index (κ2) is 13.8. The van der Waals surface area contributed by atoms with Crippen molar-refractivity contribution in [1.82, 2.24) is 14.5 Å². The van der Waals surface area contributed by atoms with Gasteiger partial charge in [0, 0.05) is 24.7 Å². The molecule has 0 atom stereocenters. The molecule has 5 rings (SSSR count). The van der Waals surface area contributed by atoms with Gasteiger partial charge in [-0.15, -0.1) is 0 Å². The number of esters is 1. The van der Waals surface area contributed by atoms with Gasteiger partial charge in [-0.05, 0) is 73.0 Å². The molecule has 12 heteroatoms. The number of benzene rings is 3. The molecular weight excluding hydrogens is 618 g/mol. The summed E-state index contributed by atoms with van der Waals surface area (Å²) in [5.41, 5.74) is 8.51. The van der Waals surface area contributed by atoms with Gasteiger partial charge in [-0.1, -0.05) is 54.6 Å². The molecule has 0 bridgehead atoms. The minimum Gasteiger partial charge on any atom is -0.459 e. The topological polar surface area (TPSA) is 146 Å². The highest BCUT2D eigenvalue weighted by atomic mass is 32.2. The molecule has 246 valence electrons. The van der Waals surface area contributed by atoms with Gasteiger partial charge in [0.15, 0.2) is 0 Å². The van der Waals surface area contributed by atoms with Crippen molar-refractivity contribution < 1.29 is 27.5 Å². The summed E-state index contributed by atoms with van der Waals surface area (Å²) in [5, 5.41) is 2.42. The van der Waals surface area contributed by atoms with Crippen LogP contribution >= 0.6 is 0 Å². The summed E-state index contributed by atoms with van der Waals surface area (Å²) < 4.78 is 41.8. The number of hydrogen-bond acceptors (Lipinski definition) is 8. The van der Waals surface area contributed by atoms with Crippen LogP contribution in [0.3, 0.4) is 0 Å². The van der Waals surface area contributed by atoms with Crippen LogP contribution in [0, 0.1) is 0 Å². The Hall–Kier alpha value is -4.94. The number of carbonyl (C=O) groups excluding carboxylic acids is 2. The maximum atomic E-state index is 13.5. The molecule has 1 amide bonds. The summed E-state index contributed by atoms with van der Waals surface area (Å²) in [6.07, 6.45) is -0.521. The van der Waals surface area contributed by atoms with Gasteiger partial charge in [-0.25, -0.2) is 23.0 Å². The molecule has 0 aliphatic rings. The number of nitrogens with zero attached hydrogens (tertiary/aromatic N) is 3. The molecule has 0 radical (unpaired) electrons. The number of pyridine rings is 1. The molecule has 0 aliphatic heterocycles. The zero-order valence-corrected chi connectivity index (χ0v) is 27.7. The fourth-order valence-electron chi connectivity index (χ4n) is 5.15. The average molecular weight is 658 g/mol. The molecule has 3 aromatic carbocycles. The summed E-state index contributed by atoms with van der Waals surface area (Å²) in [6, 6.07) is 25.5. The standard InChI is InChI=1S/C35H39N5O6S/c1-35(2,3)46-34(42)39(4)16-17-45-33(41)31-20-26-14-15-28(21-36)37-32(26)40(31)22-27-19-29(18-25-12-8-9-13-30(25)27)38-47(43,44)23-24-10-6-5-7-11-24/h5-15,18-20,38H,16-17,21-23,36H2,1-4H3. The van der Waals surface area contributed by atoms with E-state index in [1.807, 2.05) is 36.4 Å². The van der Waals surface area contributed by atoms with Crippen molar-refractivity contribution in [2.75, 3.05) is 24.9 Å². The monoisotopic (exact) mass is 657 g/mol. The van der Waals surface area contributed by atoms with E-state index < -0.39 is 27.7 Å². The molecule has 2 heterocycles. The SMILES string of the molecule is CN(CCOC(=O)c1cc2ccc(CN)nc2n1Cc1cc(NS(=O)(=O)Cc2ccccc2)cc2ccccc12)C(=O)OC(C)(C)C. The van der Waals surface area contributed by atoms with Crippen LogP contribution < -0.4 is 10.5 Å². The highest BCUT2D eigenvalue weighted by molar-refractivity contribution is 7.91. The molecule has 5 aromatic rings. The molecule has 3 N–H and O–H groups in total. The molecule has 0 saturated carbocycles. The summed E-state index contributed by atoms with van der Waals surface area (Å²) in [7, 11) is -2.16. The molecule has 0 fully saturated rings. The van der Waals surface area contributed by atoms with Gasteiger partial charge in [-0.2, -0.15) is 0 Å². The highest BCUT2D eigenvalue weighted by Crippen LogP contribution is 2.29. The fraction of sp³-hybridized carbons (Fsp3) is 0.286. The van der Waals surface area contributed by atoms with Gasteiger partial charge in [0.25, 0.3) is 0 Å². The van der Waals surface area contributed by atoms with E-state index in [1.54, 1.807) is 80.9 Å². The quantitative estimate of drug-likeness (QED) is 0.173. The van der Waals surface area contributed by atoms with Gasteiger partial charge in [0.1, 0.15) is 23.5 Å². The average Bonchev–Trinajstić information content (AvgIpc) is 3.37. The number of rotatable bonds is 11. The van der Waals surface area contributed by atoms with Crippen molar-refractivity contribution in [2.24, 2.45) is 5.73 Å². The Labute approximate surface area is 274 Å². The highest BCUT2D eigenvalue weighted by Gasteiger charge is 2.22. The number of ether oxygens (including phenoxy) is 2. The van der Waals surface area contributed by atoms with E-state index in [-0.39, 0.29) is 37.7 Å².